The average Bonchev–Trinajstić information content (AvgIpc) is 3.37. The Morgan fingerprint density at radius 3 is 2.40 bits per heavy atom. The highest BCUT2D eigenvalue weighted by Crippen LogP contribution is 2.39. The molecule has 6 nitrogen and oxygen atoms in total. The Hall–Kier alpha value is -3.03. The number of amides is 3. The van der Waals surface area contributed by atoms with E-state index in [2.05, 4.69) is 28.9 Å². The fraction of sp³-hybridized carbons (Fsp3) is 0.393. The first-order chi connectivity index (χ1) is 17.0. The second-order valence-corrected chi connectivity index (χ2v) is 11.0. The summed E-state index contributed by atoms with van der Waals surface area (Å²) in [5.41, 5.74) is 1.43. The molecule has 182 valence electrons. The number of hydrogen-bond donors (Lipinski definition) is 0. The number of imide groups is 1. The van der Waals surface area contributed by atoms with Crippen molar-refractivity contribution in [3.63, 3.8) is 0 Å². The molecule has 0 bridgehead atoms. The van der Waals surface area contributed by atoms with Crippen molar-refractivity contribution in [3.05, 3.63) is 87.9 Å². The fourth-order valence-electron chi connectivity index (χ4n) is 5.31. The third kappa shape index (κ3) is 5.02. The second-order valence-electron chi connectivity index (χ2n) is 9.60. The van der Waals surface area contributed by atoms with Gasteiger partial charge in [0.1, 0.15) is 5.54 Å². The van der Waals surface area contributed by atoms with Gasteiger partial charge in [-0.05, 0) is 61.9 Å². The number of rotatable bonds is 8. The summed E-state index contributed by atoms with van der Waals surface area (Å²) in [4.78, 5) is 40.1. The Bertz CT molecular complexity index is 1160. The van der Waals surface area contributed by atoms with Crippen molar-refractivity contribution >= 4 is 23.3 Å². The molecule has 2 aliphatic rings. The zero-order valence-corrected chi connectivity index (χ0v) is 21.0. The predicted octanol–water partition coefficient (Wildman–Crippen LogP) is 4.88. The molecule has 2 fully saturated rings. The largest absolute Gasteiger partial charge is 0.327 e. The highest BCUT2D eigenvalue weighted by atomic mass is 32.1. The second kappa shape index (κ2) is 10.3. The number of hydrogen-bond acceptors (Lipinski definition) is 5. The van der Waals surface area contributed by atoms with Gasteiger partial charge in [0.15, 0.2) is 0 Å². The van der Waals surface area contributed by atoms with Gasteiger partial charge in [-0.15, -0.1) is 11.3 Å². The van der Waals surface area contributed by atoms with Gasteiger partial charge in [0.05, 0.1) is 0 Å². The summed E-state index contributed by atoms with van der Waals surface area (Å²) in [6.07, 6.45) is 6.49. The van der Waals surface area contributed by atoms with Crippen LogP contribution in [0.1, 0.15) is 40.1 Å². The van der Waals surface area contributed by atoms with Crippen molar-refractivity contribution in [1.82, 2.24) is 19.7 Å². The lowest BCUT2D eigenvalue weighted by atomic mass is 9.85. The first-order valence-corrected chi connectivity index (χ1v) is 13.2. The average molecular weight is 489 g/mol. The van der Waals surface area contributed by atoms with Crippen molar-refractivity contribution in [3.8, 4) is 0 Å². The number of benzene rings is 1. The number of aromatic nitrogens is 1. The van der Waals surface area contributed by atoms with Gasteiger partial charge in [0.2, 0.25) is 0 Å². The van der Waals surface area contributed by atoms with Crippen LogP contribution in [0.2, 0.25) is 0 Å². The molecule has 0 aliphatic carbocycles. The number of urea groups is 1. The first kappa shape index (κ1) is 23.7. The molecule has 35 heavy (non-hydrogen) atoms. The van der Waals surface area contributed by atoms with E-state index >= 15 is 0 Å². The number of likely N-dealkylation sites (tertiary alicyclic amines) is 1. The molecule has 0 unspecified atom stereocenters. The number of aryl methyl sites for hydroxylation is 2. The highest BCUT2D eigenvalue weighted by Gasteiger charge is 2.57. The van der Waals surface area contributed by atoms with Crippen molar-refractivity contribution < 1.29 is 9.59 Å². The van der Waals surface area contributed by atoms with Crippen LogP contribution in [0.4, 0.5) is 4.79 Å². The number of nitrogens with zero attached hydrogens (tertiary/aromatic N) is 4. The molecular formula is C28H32N4O2S. The van der Waals surface area contributed by atoms with E-state index in [1.807, 2.05) is 64.9 Å². The molecule has 2 aromatic heterocycles. The molecule has 0 radical (unpaired) electrons. The van der Waals surface area contributed by atoms with Crippen molar-refractivity contribution in [2.24, 2.45) is 0 Å². The third-order valence-corrected chi connectivity index (χ3v) is 8.22. The Morgan fingerprint density at radius 2 is 1.71 bits per heavy atom. The summed E-state index contributed by atoms with van der Waals surface area (Å²) in [6.45, 7) is 5.57. The third-order valence-electron chi connectivity index (χ3n) is 7.23. The monoisotopic (exact) mass is 488 g/mol. The molecule has 1 spiro atoms. The van der Waals surface area contributed by atoms with Gasteiger partial charge in [-0.1, -0.05) is 36.4 Å². The van der Waals surface area contributed by atoms with Crippen LogP contribution in [-0.4, -0.2) is 56.8 Å². The molecule has 2 aliphatic heterocycles. The van der Waals surface area contributed by atoms with E-state index in [1.54, 1.807) is 6.20 Å². The fourth-order valence-corrected chi connectivity index (χ4v) is 6.24. The lowest BCUT2D eigenvalue weighted by Crippen LogP contribution is -2.56. The van der Waals surface area contributed by atoms with Gasteiger partial charge in [0.25, 0.3) is 5.91 Å². The van der Waals surface area contributed by atoms with Crippen LogP contribution in [0.3, 0.4) is 0 Å². The van der Waals surface area contributed by atoms with Gasteiger partial charge < -0.3 is 4.90 Å². The van der Waals surface area contributed by atoms with Crippen molar-refractivity contribution in [1.29, 1.82) is 0 Å². The van der Waals surface area contributed by atoms with Gasteiger partial charge in [-0.2, -0.15) is 0 Å². The molecule has 7 heteroatoms. The molecule has 0 saturated carbocycles. The molecule has 1 aromatic carbocycles. The number of piperidine rings is 1. The van der Waals surface area contributed by atoms with Crippen molar-refractivity contribution in [2.45, 2.75) is 51.2 Å². The Kier molecular flexibility index (Phi) is 6.97. The number of thiophene rings is 1. The molecule has 2 saturated heterocycles. The minimum absolute atomic E-state index is 0.0174. The molecule has 0 atom stereocenters. The minimum Gasteiger partial charge on any atom is -0.305 e. The van der Waals surface area contributed by atoms with E-state index in [0.717, 1.165) is 43.6 Å². The lowest BCUT2D eigenvalue weighted by molar-refractivity contribution is -0.136. The van der Waals surface area contributed by atoms with E-state index in [-0.39, 0.29) is 11.9 Å². The van der Waals surface area contributed by atoms with E-state index in [1.165, 1.54) is 14.7 Å². The van der Waals surface area contributed by atoms with Gasteiger partial charge in [-0.25, -0.2) is 4.79 Å². The first-order valence-electron chi connectivity index (χ1n) is 12.4. The summed E-state index contributed by atoms with van der Waals surface area (Å²) in [5, 5.41) is 0. The van der Waals surface area contributed by atoms with Gasteiger partial charge in [0, 0.05) is 54.9 Å². The van der Waals surface area contributed by atoms with Crippen LogP contribution in [0.15, 0.2) is 67.0 Å². The number of pyridine rings is 1. The summed E-state index contributed by atoms with van der Waals surface area (Å²) in [5.74, 6) is -0.0174. The topological polar surface area (TPSA) is 56.8 Å². The Morgan fingerprint density at radius 1 is 0.943 bits per heavy atom. The maximum atomic E-state index is 13.8. The SMILES string of the molecule is Cc1ccc(CN2CCC3(CC2)C(=O)N(CCCc2cccnc2)C(=O)N3Cc2ccccc2)s1. The molecule has 3 aromatic rings. The van der Waals surface area contributed by atoms with Crippen LogP contribution in [-0.2, 0) is 24.3 Å². The molecule has 3 amide bonds. The van der Waals surface area contributed by atoms with Crippen LogP contribution in [0.5, 0.6) is 0 Å². The maximum absolute atomic E-state index is 13.8. The molecular weight excluding hydrogens is 456 g/mol. The van der Waals surface area contributed by atoms with Gasteiger partial charge in [-0.3, -0.25) is 19.6 Å². The molecule has 4 heterocycles. The van der Waals surface area contributed by atoms with Crippen LogP contribution in [0.25, 0.3) is 0 Å². The van der Waals surface area contributed by atoms with Crippen LogP contribution in [0, 0.1) is 6.92 Å². The van der Waals surface area contributed by atoms with Crippen LogP contribution < -0.4 is 0 Å². The normalized spacial score (nSPS) is 18.1. The van der Waals surface area contributed by atoms with Crippen molar-refractivity contribution in [2.75, 3.05) is 19.6 Å². The summed E-state index contributed by atoms with van der Waals surface area (Å²) < 4.78 is 0. The zero-order valence-electron chi connectivity index (χ0n) is 20.2. The number of carbonyl (C=O) groups is 2. The van der Waals surface area contributed by atoms with E-state index < -0.39 is 5.54 Å². The van der Waals surface area contributed by atoms with Crippen LogP contribution >= 0.6 is 11.3 Å². The maximum Gasteiger partial charge on any atom is 0.327 e. The van der Waals surface area contributed by atoms with E-state index in [0.29, 0.717) is 25.9 Å². The Balaban J connectivity index is 1.31. The summed E-state index contributed by atoms with van der Waals surface area (Å²) in [6, 6.07) is 18.2. The lowest BCUT2D eigenvalue weighted by Gasteiger charge is -2.42. The number of carbonyl (C=O) groups excluding carboxylic acids is 2. The highest BCUT2D eigenvalue weighted by molar-refractivity contribution is 7.11. The molecule has 0 N–H and O–H groups in total. The molecule has 5 rings (SSSR count). The smallest absolute Gasteiger partial charge is 0.305 e. The Labute approximate surface area is 211 Å². The standard InChI is InChI=1S/C28H32N4O2S/c1-22-11-12-25(35-22)21-30-17-13-28(14-18-30)26(33)31(16-6-10-23-9-5-15-29-19-23)27(34)32(28)20-24-7-3-2-4-8-24/h2-5,7-9,11-12,15,19H,6,10,13-14,16-18,20-21H2,1H3. The summed E-state index contributed by atoms with van der Waals surface area (Å²) in [7, 11) is 0. The predicted molar refractivity (Wildman–Crippen MR) is 138 cm³/mol. The van der Waals surface area contributed by atoms with E-state index in [4.69, 9.17) is 0 Å². The van der Waals surface area contributed by atoms with Gasteiger partial charge >= 0.3 is 6.03 Å². The summed E-state index contributed by atoms with van der Waals surface area (Å²) >= 11 is 1.83. The minimum atomic E-state index is -0.747. The van der Waals surface area contributed by atoms with E-state index in [9.17, 15) is 9.59 Å². The zero-order chi connectivity index (χ0) is 24.3. The quantitative estimate of drug-likeness (QED) is 0.424.